The highest BCUT2D eigenvalue weighted by atomic mass is 19.3. The lowest BCUT2D eigenvalue weighted by molar-refractivity contribution is -0.139. The van der Waals surface area contributed by atoms with Gasteiger partial charge >= 0.3 is 0 Å². The first kappa shape index (κ1) is 17.5. The molecule has 0 saturated carbocycles. The van der Waals surface area contributed by atoms with Gasteiger partial charge in [-0.2, -0.15) is 0 Å². The molecular formula is C14H18F3NO3. The van der Waals surface area contributed by atoms with Gasteiger partial charge in [0.2, 0.25) is 0 Å². The molecule has 0 heterocycles. The van der Waals surface area contributed by atoms with Crippen molar-refractivity contribution in [2.45, 2.75) is 25.4 Å². The highest BCUT2D eigenvalue weighted by Crippen LogP contribution is 2.19. The third-order valence-corrected chi connectivity index (χ3v) is 2.89. The van der Waals surface area contributed by atoms with E-state index in [-0.39, 0.29) is 6.54 Å². The molecule has 0 fully saturated rings. The van der Waals surface area contributed by atoms with Gasteiger partial charge in [0.05, 0.1) is 7.11 Å². The fourth-order valence-electron chi connectivity index (χ4n) is 1.78. The highest BCUT2D eigenvalue weighted by molar-refractivity contribution is 5.50. The van der Waals surface area contributed by atoms with Gasteiger partial charge in [0.25, 0.3) is 6.43 Å². The molecular weight excluding hydrogens is 287 g/mol. The first-order chi connectivity index (χ1) is 9.99. The zero-order valence-electron chi connectivity index (χ0n) is 11.8. The number of rotatable bonds is 9. The van der Waals surface area contributed by atoms with Crippen molar-refractivity contribution >= 4 is 6.29 Å². The number of hydrogen-bond acceptors (Lipinski definition) is 4. The van der Waals surface area contributed by atoms with Crippen molar-refractivity contribution in [1.82, 2.24) is 4.90 Å². The summed E-state index contributed by atoms with van der Waals surface area (Å²) in [6, 6.07) is 6.82. The Morgan fingerprint density at radius 3 is 2.33 bits per heavy atom. The molecule has 118 valence electrons. The van der Waals surface area contributed by atoms with Gasteiger partial charge < -0.3 is 14.3 Å². The minimum Gasteiger partial charge on any atom is -0.497 e. The molecule has 0 aromatic heterocycles. The van der Waals surface area contributed by atoms with Crippen LogP contribution in [-0.4, -0.2) is 50.8 Å². The molecule has 0 amide bonds. The molecule has 0 N–H and O–H groups in total. The summed E-state index contributed by atoms with van der Waals surface area (Å²) < 4.78 is 49.1. The average molecular weight is 305 g/mol. The number of carbonyl (C=O) groups excluding carboxylic acids is 1. The van der Waals surface area contributed by atoms with Crippen LogP contribution in [0.2, 0.25) is 0 Å². The maximum Gasteiger partial charge on any atom is 0.268 e. The minimum absolute atomic E-state index is 0.124. The van der Waals surface area contributed by atoms with Crippen LogP contribution in [0.3, 0.4) is 0 Å². The molecule has 1 aromatic rings. The van der Waals surface area contributed by atoms with E-state index in [2.05, 4.69) is 4.74 Å². The smallest absolute Gasteiger partial charge is 0.268 e. The first-order valence-electron chi connectivity index (χ1n) is 6.30. The second-order valence-electron chi connectivity index (χ2n) is 4.43. The number of aldehydes is 1. The van der Waals surface area contributed by atoms with E-state index in [1.54, 1.807) is 24.3 Å². The van der Waals surface area contributed by atoms with Gasteiger partial charge in [-0.15, -0.1) is 0 Å². The van der Waals surface area contributed by atoms with Gasteiger partial charge in [0, 0.05) is 6.54 Å². The van der Waals surface area contributed by atoms with Gasteiger partial charge in [-0.25, -0.2) is 13.2 Å². The van der Waals surface area contributed by atoms with Crippen molar-refractivity contribution in [2.24, 2.45) is 0 Å². The Hall–Kier alpha value is -1.60. The summed E-state index contributed by atoms with van der Waals surface area (Å²) in [5, 5.41) is 0. The Labute approximate surface area is 121 Å². The van der Waals surface area contributed by atoms with Crippen molar-refractivity contribution in [2.75, 3.05) is 20.8 Å². The van der Waals surface area contributed by atoms with Crippen LogP contribution < -0.4 is 4.74 Å². The molecule has 4 nitrogen and oxygen atoms in total. The Bertz CT molecular complexity index is 428. The van der Waals surface area contributed by atoms with Crippen LogP contribution in [0.15, 0.2) is 24.3 Å². The van der Waals surface area contributed by atoms with Gasteiger partial charge in [0.1, 0.15) is 18.6 Å². The Morgan fingerprint density at radius 2 is 1.86 bits per heavy atom. The van der Waals surface area contributed by atoms with E-state index < -0.39 is 25.4 Å². The fraction of sp³-hybridized carbons (Fsp3) is 0.500. The summed E-state index contributed by atoms with van der Waals surface area (Å²) in [5.74, 6) is 0.651. The summed E-state index contributed by atoms with van der Waals surface area (Å²) in [5.41, 5.74) is 0.740. The van der Waals surface area contributed by atoms with Crippen LogP contribution in [0.4, 0.5) is 13.2 Å². The summed E-state index contributed by atoms with van der Waals surface area (Å²) in [4.78, 5) is 11.3. The Balaban J connectivity index is 2.65. The standard InChI is InChI=1S/C14H18F3NO3/c1-18(9-10-3-5-11(20-2)6-4-10)14(17)12(13(15)16)21-8-7-19/h3-7,12-14H,8-9H2,1-2H3. The van der Waals surface area contributed by atoms with Crippen LogP contribution >= 0.6 is 0 Å². The van der Waals surface area contributed by atoms with Crippen LogP contribution in [0.5, 0.6) is 5.75 Å². The lowest BCUT2D eigenvalue weighted by Gasteiger charge is -2.27. The fourth-order valence-corrected chi connectivity index (χ4v) is 1.78. The third-order valence-electron chi connectivity index (χ3n) is 2.89. The number of carbonyl (C=O) groups is 1. The van der Waals surface area contributed by atoms with Crippen molar-refractivity contribution in [3.63, 3.8) is 0 Å². The second-order valence-corrected chi connectivity index (χ2v) is 4.43. The van der Waals surface area contributed by atoms with Crippen LogP contribution in [-0.2, 0) is 16.1 Å². The summed E-state index contributed by atoms with van der Waals surface area (Å²) in [6.45, 7) is -0.440. The maximum atomic E-state index is 14.0. The Morgan fingerprint density at radius 1 is 1.24 bits per heavy atom. The van der Waals surface area contributed by atoms with Crippen molar-refractivity contribution in [1.29, 1.82) is 0 Å². The zero-order chi connectivity index (χ0) is 15.8. The number of ether oxygens (including phenoxy) is 2. The van der Waals surface area contributed by atoms with Crippen LogP contribution in [0, 0.1) is 0 Å². The second kappa shape index (κ2) is 8.63. The number of alkyl halides is 3. The van der Waals surface area contributed by atoms with Gasteiger partial charge in [-0.1, -0.05) is 12.1 Å². The number of nitrogens with zero attached hydrogens (tertiary/aromatic N) is 1. The Kier molecular flexibility index (Phi) is 7.18. The molecule has 1 aromatic carbocycles. The monoisotopic (exact) mass is 305 g/mol. The largest absolute Gasteiger partial charge is 0.497 e. The molecule has 0 saturated heterocycles. The van der Waals surface area contributed by atoms with Gasteiger partial charge in [-0.3, -0.25) is 4.90 Å². The average Bonchev–Trinajstić information content (AvgIpc) is 2.47. The van der Waals surface area contributed by atoms with Crippen LogP contribution in [0.1, 0.15) is 5.56 Å². The maximum absolute atomic E-state index is 14.0. The summed E-state index contributed by atoms with van der Waals surface area (Å²) in [7, 11) is 2.89. The highest BCUT2D eigenvalue weighted by Gasteiger charge is 2.33. The number of methoxy groups -OCH3 is 1. The molecule has 7 heteroatoms. The van der Waals surface area contributed by atoms with Crippen molar-refractivity contribution in [3.8, 4) is 5.75 Å². The molecule has 0 aliphatic carbocycles. The van der Waals surface area contributed by atoms with E-state index in [4.69, 9.17) is 4.74 Å². The molecule has 0 radical (unpaired) electrons. The lowest BCUT2D eigenvalue weighted by atomic mass is 10.2. The van der Waals surface area contributed by atoms with Crippen molar-refractivity contribution in [3.05, 3.63) is 29.8 Å². The van der Waals surface area contributed by atoms with Crippen molar-refractivity contribution < 1.29 is 27.4 Å². The van der Waals surface area contributed by atoms with E-state index in [1.165, 1.54) is 14.2 Å². The van der Waals surface area contributed by atoms with E-state index >= 15 is 0 Å². The normalized spacial score (nSPS) is 14.2. The van der Waals surface area contributed by atoms with E-state index in [0.29, 0.717) is 12.0 Å². The first-order valence-corrected chi connectivity index (χ1v) is 6.30. The minimum atomic E-state index is -3.02. The molecule has 1 rings (SSSR count). The summed E-state index contributed by atoms with van der Waals surface area (Å²) >= 11 is 0. The van der Waals surface area contributed by atoms with E-state index in [0.717, 1.165) is 10.5 Å². The SMILES string of the molecule is COc1ccc(CN(C)C(F)C(OCC=O)C(F)F)cc1. The lowest BCUT2D eigenvalue weighted by Crippen LogP contribution is -2.43. The molecule has 0 spiro atoms. The quantitative estimate of drug-likeness (QED) is 0.518. The molecule has 2 atom stereocenters. The molecule has 21 heavy (non-hydrogen) atoms. The van der Waals surface area contributed by atoms with Crippen LogP contribution in [0.25, 0.3) is 0 Å². The third kappa shape index (κ3) is 5.35. The number of benzene rings is 1. The summed E-state index contributed by atoms with van der Waals surface area (Å²) in [6.07, 6.45) is -6.69. The number of halogens is 3. The van der Waals surface area contributed by atoms with Gasteiger partial charge in [-0.05, 0) is 24.7 Å². The molecule has 0 aliphatic rings. The number of hydrogen-bond donors (Lipinski definition) is 0. The number of likely N-dealkylation sites (N-methyl/N-ethyl adjacent to an activating group) is 1. The predicted octanol–water partition coefficient (Wildman–Crippen LogP) is 2.27. The molecule has 0 aliphatic heterocycles. The predicted molar refractivity (Wildman–Crippen MR) is 71.2 cm³/mol. The van der Waals surface area contributed by atoms with Gasteiger partial charge in [0.15, 0.2) is 12.4 Å². The topological polar surface area (TPSA) is 38.8 Å². The zero-order valence-corrected chi connectivity index (χ0v) is 11.8. The van der Waals surface area contributed by atoms with E-state index in [9.17, 15) is 18.0 Å². The molecule has 0 bridgehead atoms. The molecule has 2 unspecified atom stereocenters. The van der Waals surface area contributed by atoms with E-state index in [1.807, 2.05) is 0 Å².